The molecular formula is C12H12F3N3S. The molecule has 0 bridgehead atoms. The lowest BCUT2D eigenvalue weighted by Crippen LogP contribution is -2.14. The van der Waals surface area contributed by atoms with Crippen molar-refractivity contribution in [3.8, 4) is 0 Å². The number of imidazole rings is 1. The zero-order valence-corrected chi connectivity index (χ0v) is 10.6. The highest BCUT2D eigenvalue weighted by molar-refractivity contribution is 7.99. The van der Waals surface area contributed by atoms with Crippen LogP contribution in [0.2, 0.25) is 0 Å². The van der Waals surface area contributed by atoms with Gasteiger partial charge >= 0.3 is 6.18 Å². The van der Waals surface area contributed by atoms with E-state index in [1.54, 1.807) is 18.5 Å². The number of nitrogens with two attached hydrogens (primary N) is 1. The van der Waals surface area contributed by atoms with Crippen molar-refractivity contribution >= 4 is 11.8 Å². The van der Waals surface area contributed by atoms with Crippen molar-refractivity contribution in [2.24, 2.45) is 5.73 Å². The highest BCUT2D eigenvalue weighted by Gasteiger charge is 2.30. The Bertz CT molecular complexity index is 525. The summed E-state index contributed by atoms with van der Waals surface area (Å²) in [5, 5.41) is 0.697. The molecule has 0 aliphatic carbocycles. The maximum Gasteiger partial charge on any atom is 0.416 e. The number of thioether (sulfide) groups is 1. The summed E-state index contributed by atoms with van der Waals surface area (Å²) in [6.07, 6.45) is -1.06. The number of alkyl halides is 3. The Labute approximate surface area is 112 Å². The molecule has 0 aliphatic heterocycles. The molecule has 2 rings (SSSR count). The minimum absolute atomic E-state index is 0.453. The molecule has 1 heterocycles. The molecule has 19 heavy (non-hydrogen) atoms. The van der Waals surface area contributed by atoms with E-state index in [2.05, 4.69) is 9.97 Å². The van der Waals surface area contributed by atoms with Crippen LogP contribution in [0.1, 0.15) is 17.2 Å². The Morgan fingerprint density at radius 3 is 2.79 bits per heavy atom. The van der Waals surface area contributed by atoms with Crippen LogP contribution in [0.3, 0.4) is 0 Å². The number of nitrogens with one attached hydrogen (secondary N) is 1. The molecule has 0 amide bonds. The lowest BCUT2D eigenvalue weighted by Gasteiger charge is -2.13. The average molecular weight is 287 g/mol. The monoisotopic (exact) mass is 287 g/mol. The minimum atomic E-state index is -4.34. The van der Waals surface area contributed by atoms with Gasteiger partial charge in [-0.05, 0) is 17.7 Å². The first-order valence-electron chi connectivity index (χ1n) is 5.52. The maximum atomic E-state index is 12.6. The second kappa shape index (κ2) is 5.66. The first kappa shape index (κ1) is 14.0. The van der Waals surface area contributed by atoms with Crippen molar-refractivity contribution < 1.29 is 13.2 Å². The smallest absolute Gasteiger partial charge is 0.340 e. The van der Waals surface area contributed by atoms with Crippen molar-refractivity contribution in [2.45, 2.75) is 17.4 Å². The second-order valence-corrected chi connectivity index (χ2v) is 4.94. The Morgan fingerprint density at radius 1 is 1.37 bits per heavy atom. The lowest BCUT2D eigenvalue weighted by atomic mass is 10.1. The number of H-pyrrole nitrogens is 1. The van der Waals surface area contributed by atoms with Gasteiger partial charge in [0.25, 0.3) is 0 Å². The van der Waals surface area contributed by atoms with Crippen molar-refractivity contribution in [1.82, 2.24) is 9.97 Å². The molecule has 0 radical (unpaired) electrons. The van der Waals surface area contributed by atoms with Gasteiger partial charge in [-0.15, -0.1) is 0 Å². The summed E-state index contributed by atoms with van der Waals surface area (Å²) in [6.45, 7) is 0. The van der Waals surface area contributed by atoms with Gasteiger partial charge in [0.15, 0.2) is 5.16 Å². The zero-order chi connectivity index (χ0) is 13.9. The standard InChI is InChI=1S/C12H12F3N3S/c13-12(14,15)9-3-1-2-8(6-9)10(16)7-19-11-17-4-5-18-11/h1-6,10H,7,16H2,(H,17,18). The molecular weight excluding hydrogens is 275 g/mol. The van der Waals surface area contributed by atoms with E-state index in [0.717, 1.165) is 12.1 Å². The zero-order valence-electron chi connectivity index (χ0n) is 9.82. The molecule has 0 saturated carbocycles. The highest BCUT2D eigenvalue weighted by atomic mass is 32.2. The molecule has 7 heteroatoms. The molecule has 1 aromatic heterocycles. The maximum absolute atomic E-state index is 12.6. The average Bonchev–Trinajstić information content (AvgIpc) is 2.88. The minimum Gasteiger partial charge on any atom is -0.340 e. The van der Waals surface area contributed by atoms with Crippen LogP contribution >= 0.6 is 11.8 Å². The van der Waals surface area contributed by atoms with Gasteiger partial charge in [0, 0.05) is 24.2 Å². The van der Waals surface area contributed by atoms with Gasteiger partial charge in [0.05, 0.1) is 5.56 Å². The second-order valence-electron chi connectivity index (χ2n) is 3.94. The molecule has 1 atom stereocenters. The Balaban J connectivity index is 2.04. The quantitative estimate of drug-likeness (QED) is 0.849. The molecule has 0 saturated heterocycles. The fourth-order valence-electron chi connectivity index (χ4n) is 1.54. The van der Waals surface area contributed by atoms with Crippen LogP contribution in [0.5, 0.6) is 0 Å². The number of halogens is 3. The summed E-state index contributed by atoms with van der Waals surface area (Å²) in [5.41, 5.74) is 5.68. The normalized spacial score (nSPS) is 13.5. The third-order valence-electron chi connectivity index (χ3n) is 2.51. The highest BCUT2D eigenvalue weighted by Crippen LogP contribution is 2.31. The summed E-state index contributed by atoms with van der Waals surface area (Å²) in [4.78, 5) is 6.91. The van der Waals surface area contributed by atoms with E-state index in [0.29, 0.717) is 16.5 Å². The van der Waals surface area contributed by atoms with Gasteiger partial charge in [0.2, 0.25) is 0 Å². The van der Waals surface area contributed by atoms with Crippen molar-refractivity contribution in [2.75, 3.05) is 5.75 Å². The molecule has 3 N–H and O–H groups in total. The van der Waals surface area contributed by atoms with Crippen LogP contribution in [0.15, 0.2) is 41.8 Å². The molecule has 2 aromatic rings. The van der Waals surface area contributed by atoms with Crippen LogP contribution < -0.4 is 5.73 Å². The van der Waals surface area contributed by atoms with Crippen LogP contribution in [-0.2, 0) is 6.18 Å². The fourth-order valence-corrected chi connectivity index (χ4v) is 2.36. The molecule has 1 aromatic carbocycles. The summed E-state index contributed by atoms with van der Waals surface area (Å²) in [6, 6.07) is 4.62. The molecule has 0 aliphatic rings. The predicted molar refractivity (Wildman–Crippen MR) is 67.7 cm³/mol. The first-order chi connectivity index (χ1) is 8.97. The van der Waals surface area contributed by atoms with Crippen LogP contribution in [-0.4, -0.2) is 15.7 Å². The summed E-state index contributed by atoms with van der Waals surface area (Å²) in [5.74, 6) is 0.453. The van der Waals surface area contributed by atoms with Gasteiger partial charge < -0.3 is 10.7 Å². The molecule has 0 fully saturated rings. The van der Waals surface area contributed by atoms with Crippen LogP contribution in [0.25, 0.3) is 0 Å². The van der Waals surface area contributed by atoms with Gasteiger partial charge in [-0.25, -0.2) is 4.98 Å². The van der Waals surface area contributed by atoms with Crippen LogP contribution in [0, 0.1) is 0 Å². The molecule has 0 spiro atoms. The van der Waals surface area contributed by atoms with Crippen LogP contribution in [0.4, 0.5) is 13.2 Å². The Hall–Kier alpha value is -1.47. The van der Waals surface area contributed by atoms with Crippen molar-refractivity contribution in [1.29, 1.82) is 0 Å². The Kier molecular flexibility index (Phi) is 4.16. The van der Waals surface area contributed by atoms with E-state index in [-0.39, 0.29) is 0 Å². The SMILES string of the molecule is NC(CSc1ncc[nH]1)c1cccc(C(F)(F)F)c1. The van der Waals surface area contributed by atoms with Gasteiger partial charge in [-0.3, -0.25) is 0 Å². The number of aromatic amines is 1. The largest absolute Gasteiger partial charge is 0.416 e. The van der Waals surface area contributed by atoms with E-state index in [4.69, 9.17) is 5.73 Å². The first-order valence-corrected chi connectivity index (χ1v) is 6.50. The molecule has 102 valence electrons. The molecule has 1 unspecified atom stereocenters. The van der Waals surface area contributed by atoms with Crippen molar-refractivity contribution in [3.63, 3.8) is 0 Å². The Morgan fingerprint density at radius 2 is 2.16 bits per heavy atom. The summed E-state index contributed by atoms with van der Waals surface area (Å²) in [7, 11) is 0. The third kappa shape index (κ3) is 3.74. The van der Waals surface area contributed by atoms with Crippen molar-refractivity contribution in [3.05, 3.63) is 47.8 Å². The van der Waals surface area contributed by atoms with E-state index < -0.39 is 17.8 Å². The predicted octanol–water partition coefficient (Wildman–Crippen LogP) is 3.22. The fraction of sp³-hybridized carbons (Fsp3) is 0.250. The number of rotatable bonds is 4. The van der Waals surface area contributed by atoms with E-state index in [9.17, 15) is 13.2 Å². The number of hydrogen-bond donors (Lipinski definition) is 2. The number of aromatic nitrogens is 2. The van der Waals surface area contributed by atoms with E-state index in [1.807, 2.05) is 0 Å². The summed E-state index contributed by atoms with van der Waals surface area (Å²) >= 11 is 1.37. The molecule has 3 nitrogen and oxygen atoms in total. The lowest BCUT2D eigenvalue weighted by molar-refractivity contribution is -0.137. The van der Waals surface area contributed by atoms with E-state index >= 15 is 0 Å². The summed E-state index contributed by atoms with van der Waals surface area (Å²) < 4.78 is 37.7. The van der Waals surface area contributed by atoms with Gasteiger partial charge in [-0.1, -0.05) is 23.9 Å². The van der Waals surface area contributed by atoms with Gasteiger partial charge in [0.1, 0.15) is 0 Å². The topological polar surface area (TPSA) is 54.7 Å². The number of hydrogen-bond acceptors (Lipinski definition) is 3. The number of nitrogens with zero attached hydrogens (tertiary/aromatic N) is 1. The van der Waals surface area contributed by atoms with E-state index in [1.165, 1.54) is 17.8 Å². The number of benzene rings is 1. The van der Waals surface area contributed by atoms with Gasteiger partial charge in [-0.2, -0.15) is 13.2 Å². The third-order valence-corrected chi connectivity index (χ3v) is 3.54.